The number of carbonyl (C=O) groups excluding carboxylic acids is 1. The van der Waals surface area contributed by atoms with Crippen LogP contribution in [-0.2, 0) is 0 Å². The van der Waals surface area contributed by atoms with E-state index in [1.54, 1.807) is 46.1 Å². The van der Waals surface area contributed by atoms with Crippen molar-refractivity contribution in [3.8, 4) is 11.8 Å². The van der Waals surface area contributed by atoms with Gasteiger partial charge in [0.1, 0.15) is 6.07 Å². The number of rotatable bonds is 4. The van der Waals surface area contributed by atoms with E-state index in [1.165, 1.54) is 0 Å². The van der Waals surface area contributed by atoms with Crippen molar-refractivity contribution in [2.24, 2.45) is 0 Å². The van der Waals surface area contributed by atoms with E-state index >= 15 is 0 Å². The summed E-state index contributed by atoms with van der Waals surface area (Å²) in [5.41, 5.74) is 2.40. The zero-order valence-corrected chi connectivity index (χ0v) is 14.3. The second-order valence-corrected chi connectivity index (χ2v) is 5.73. The Morgan fingerprint density at radius 1 is 1.28 bits per heavy atom. The molecule has 0 fully saturated rings. The van der Waals surface area contributed by atoms with Crippen LogP contribution in [-0.4, -0.2) is 22.2 Å². The van der Waals surface area contributed by atoms with Gasteiger partial charge in [0, 0.05) is 30.2 Å². The molecule has 2 aromatic carbocycles. The Balaban J connectivity index is 1.94. The number of hydrogen-bond donors (Lipinski definition) is 0. The minimum absolute atomic E-state index is 0.141. The van der Waals surface area contributed by atoms with Gasteiger partial charge < -0.3 is 4.90 Å². The molecule has 6 heteroatoms. The fourth-order valence-electron chi connectivity index (χ4n) is 2.56. The van der Waals surface area contributed by atoms with Crippen LogP contribution in [0, 0.1) is 11.3 Å². The molecule has 0 saturated carbocycles. The van der Waals surface area contributed by atoms with Gasteiger partial charge >= 0.3 is 0 Å². The maximum absolute atomic E-state index is 13.0. The van der Waals surface area contributed by atoms with Crippen LogP contribution in [0.2, 0.25) is 5.02 Å². The number of carbonyl (C=O) groups is 1. The normalized spacial score (nSPS) is 10.3. The summed E-state index contributed by atoms with van der Waals surface area (Å²) in [6, 6.07) is 16.1. The Bertz CT molecular complexity index is 944. The predicted molar refractivity (Wildman–Crippen MR) is 97.1 cm³/mol. The molecule has 0 saturated heterocycles. The number of nitrogens with zero attached hydrogens (tertiary/aromatic N) is 4. The second-order valence-electron chi connectivity index (χ2n) is 5.33. The minimum Gasteiger partial charge on any atom is -0.309 e. The van der Waals surface area contributed by atoms with Crippen LogP contribution in [0.1, 0.15) is 22.8 Å². The van der Waals surface area contributed by atoms with Crippen LogP contribution >= 0.6 is 11.6 Å². The maximum Gasteiger partial charge on any atom is 0.258 e. The van der Waals surface area contributed by atoms with E-state index in [4.69, 9.17) is 16.9 Å². The molecule has 25 heavy (non-hydrogen) atoms. The van der Waals surface area contributed by atoms with Crippen LogP contribution in [0.15, 0.2) is 60.9 Å². The first-order chi connectivity index (χ1) is 12.1. The highest BCUT2D eigenvalue weighted by atomic mass is 35.5. The Kier molecular flexibility index (Phi) is 4.82. The summed E-state index contributed by atoms with van der Waals surface area (Å²) >= 11 is 6.10. The van der Waals surface area contributed by atoms with E-state index in [1.807, 2.05) is 37.4 Å². The Hall–Kier alpha value is -3.10. The van der Waals surface area contributed by atoms with Gasteiger partial charge in [0.15, 0.2) is 0 Å². The molecule has 0 atom stereocenters. The lowest BCUT2D eigenvalue weighted by Gasteiger charge is -2.22. The first-order valence-corrected chi connectivity index (χ1v) is 8.13. The Morgan fingerprint density at radius 3 is 2.76 bits per heavy atom. The van der Waals surface area contributed by atoms with Crippen molar-refractivity contribution in [1.29, 1.82) is 5.26 Å². The van der Waals surface area contributed by atoms with E-state index < -0.39 is 0 Å². The Morgan fingerprint density at radius 2 is 2.12 bits per heavy atom. The highest BCUT2D eigenvalue weighted by molar-refractivity contribution is 6.32. The molecular formula is C19H15ClN4O. The number of halogens is 1. The zero-order chi connectivity index (χ0) is 17.8. The van der Waals surface area contributed by atoms with Gasteiger partial charge in [0.05, 0.1) is 16.3 Å². The summed E-state index contributed by atoms with van der Waals surface area (Å²) in [5, 5.41) is 13.5. The van der Waals surface area contributed by atoms with Gasteiger partial charge in [-0.3, -0.25) is 4.79 Å². The van der Waals surface area contributed by atoms with Crippen molar-refractivity contribution < 1.29 is 4.79 Å². The van der Waals surface area contributed by atoms with E-state index in [0.29, 0.717) is 28.4 Å². The van der Waals surface area contributed by atoms with E-state index in [2.05, 4.69) is 5.10 Å². The molecule has 0 spiro atoms. The molecule has 0 radical (unpaired) electrons. The lowest BCUT2D eigenvalue weighted by Crippen LogP contribution is -2.30. The van der Waals surface area contributed by atoms with Crippen LogP contribution in [0.3, 0.4) is 0 Å². The van der Waals surface area contributed by atoms with Crippen LogP contribution in [0.5, 0.6) is 0 Å². The van der Waals surface area contributed by atoms with Crippen molar-refractivity contribution in [1.82, 2.24) is 9.78 Å². The topological polar surface area (TPSA) is 61.9 Å². The van der Waals surface area contributed by atoms with Crippen molar-refractivity contribution in [3.63, 3.8) is 0 Å². The fourth-order valence-corrected chi connectivity index (χ4v) is 2.78. The van der Waals surface area contributed by atoms with Gasteiger partial charge in [-0.05, 0) is 49.4 Å². The minimum atomic E-state index is -0.141. The van der Waals surface area contributed by atoms with E-state index in [-0.39, 0.29) is 5.91 Å². The number of hydrogen-bond acceptors (Lipinski definition) is 3. The molecule has 0 aliphatic carbocycles. The molecule has 3 aromatic rings. The van der Waals surface area contributed by atoms with E-state index in [9.17, 15) is 4.79 Å². The molecule has 5 nitrogen and oxygen atoms in total. The number of nitriles is 1. The smallest absolute Gasteiger partial charge is 0.258 e. The van der Waals surface area contributed by atoms with Gasteiger partial charge in [-0.2, -0.15) is 10.4 Å². The average Bonchev–Trinajstić information content (AvgIpc) is 3.17. The summed E-state index contributed by atoms with van der Waals surface area (Å²) < 4.78 is 1.70. The van der Waals surface area contributed by atoms with Gasteiger partial charge in [-0.1, -0.05) is 17.7 Å². The summed E-state index contributed by atoms with van der Waals surface area (Å²) in [6.07, 6.45) is 3.51. The predicted octanol–water partition coefficient (Wildman–Crippen LogP) is 4.06. The number of anilines is 1. The number of benzene rings is 2. The van der Waals surface area contributed by atoms with Crippen molar-refractivity contribution in [2.45, 2.75) is 6.92 Å². The largest absolute Gasteiger partial charge is 0.309 e. The van der Waals surface area contributed by atoms with Crippen LogP contribution in [0.25, 0.3) is 5.69 Å². The summed E-state index contributed by atoms with van der Waals surface area (Å²) in [5.74, 6) is -0.141. The second kappa shape index (κ2) is 7.20. The fraction of sp³-hybridized carbons (Fsp3) is 0.105. The molecule has 3 rings (SSSR count). The third-order valence-electron chi connectivity index (χ3n) is 3.81. The number of amides is 1. The van der Waals surface area contributed by atoms with Crippen LogP contribution in [0.4, 0.5) is 5.69 Å². The molecule has 124 valence electrons. The molecule has 1 aromatic heterocycles. The molecular weight excluding hydrogens is 336 g/mol. The summed E-state index contributed by atoms with van der Waals surface area (Å²) in [6.45, 7) is 2.37. The molecule has 1 amide bonds. The standard InChI is InChI=1S/C19H15ClN4O/c1-2-23(16-8-7-15(13-21)18(20)12-16)19(25)14-5-3-6-17(11-14)24-10-4-9-22-24/h3-12H,2H2,1H3. The highest BCUT2D eigenvalue weighted by Crippen LogP contribution is 2.25. The van der Waals surface area contributed by atoms with Gasteiger partial charge in [-0.25, -0.2) is 4.68 Å². The Labute approximate surface area is 150 Å². The van der Waals surface area contributed by atoms with Gasteiger partial charge in [0.25, 0.3) is 5.91 Å². The molecule has 0 N–H and O–H groups in total. The third-order valence-corrected chi connectivity index (χ3v) is 4.12. The van der Waals surface area contributed by atoms with Crippen LogP contribution < -0.4 is 4.90 Å². The van der Waals surface area contributed by atoms with Crippen molar-refractivity contribution in [2.75, 3.05) is 11.4 Å². The van der Waals surface area contributed by atoms with E-state index in [0.717, 1.165) is 5.69 Å². The summed E-state index contributed by atoms with van der Waals surface area (Å²) in [7, 11) is 0. The molecule has 0 bridgehead atoms. The highest BCUT2D eigenvalue weighted by Gasteiger charge is 2.17. The molecule has 0 aliphatic rings. The van der Waals surface area contributed by atoms with Gasteiger partial charge in [-0.15, -0.1) is 0 Å². The SMILES string of the molecule is CCN(C(=O)c1cccc(-n2cccn2)c1)c1ccc(C#N)c(Cl)c1. The van der Waals surface area contributed by atoms with Crippen molar-refractivity contribution in [3.05, 3.63) is 77.1 Å². The van der Waals surface area contributed by atoms with Crippen molar-refractivity contribution >= 4 is 23.2 Å². The third kappa shape index (κ3) is 3.39. The molecule has 0 unspecified atom stereocenters. The summed E-state index contributed by atoms with van der Waals surface area (Å²) in [4.78, 5) is 14.6. The average molecular weight is 351 g/mol. The quantitative estimate of drug-likeness (QED) is 0.712. The monoisotopic (exact) mass is 350 g/mol. The first kappa shape index (κ1) is 16.7. The maximum atomic E-state index is 13.0. The molecule has 0 aliphatic heterocycles. The number of aromatic nitrogens is 2. The molecule has 1 heterocycles. The zero-order valence-electron chi connectivity index (χ0n) is 13.6. The van der Waals surface area contributed by atoms with Gasteiger partial charge in [0.2, 0.25) is 0 Å². The first-order valence-electron chi connectivity index (χ1n) is 7.75. The lowest BCUT2D eigenvalue weighted by atomic mass is 10.1. The lowest BCUT2D eigenvalue weighted by molar-refractivity contribution is 0.0988.